The van der Waals surface area contributed by atoms with E-state index in [-0.39, 0.29) is 18.8 Å². The molecular weight excluding hydrogens is 477 g/mol. The zero-order valence-corrected chi connectivity index (χ0v) is 19.2. The maximum absolute atomic E-state index is 13.1. The van der Waals surface area contributed by atoms with Crippen LogP contribution in [0.5, 0.6) is 0 Å². The first-order valence-corrected chi connectivity index (χ1v) is 11.2. The zero-order chi connectivity index (χ0) is 24.0. The number of aromatic nitrogens is 1. The van der Waals surface area contributed by atoms with E-state index in [2.05, 4.69) is 10.3 Å². The lowest BCUT2D eigenvalue weighted by molar-refractivity contribution is -0.137. The fraction of sp³-hybridized carbons (Fsp3) is 0.273. The summed E-state index contributed by atoms with van der Waals surface area (Å²) in [5, 5.41) is 14.4. The largest absolute Gasteiger partial charge is 0.416 e. The molecule has 6 nitrogen and oxygen atoms in total. The molecule has 3 aromatic rings. The minimum Gasteiger partial charge on any atom is -0.395 e. The Hall–Kier alpha value is -2.66. The van der Waals surface area contributed by atoms with Gasteiger partial charge < -0.3 is 15.3 Å². The monoisotopic (exact) mass is 498 g/mol. The minimum atomic E-state index is -4.52. The van der Waals surface area contributed by atoms with E-state index in [1.807, 2.05) is 11.0 Å². The molecule has 1 heterocycles. The number of hydrogen-bond donors (Lipinski definition) is 2. The quantitative estimate of drug-likeness (QED) is 0.433. The summed E-state index contributed by atoms with van der Waals surface area (Å²) < 4.78 is 39.1. The lowest BCUT2D eigenvalue weighted by Gasteiger charge is -2.24. The van der Waals surface area contributed by atoms with Gasteiger partial charge in [0.2, 0.25) is 0 Å². The molecule has 0 saturated carbocycles. The summed E-state index contributed by atoms with van der Waals surface area (Å²) in [6.07, 6.45) is -4.52. The molecule has 2 aromatic carbocycles. The van der Waals surface area contributed by atoms with Crippen molar-refractivity contribution in [2.45, 2.75) is 6.18 Å². The number of aliphatic hydroxyl groups is 1. The molecular formula is C22H22ClF3N4O2S. The summed E-state index contributed by atoms with van der Waals surface area (Å²) in [5.74, 6) is 0. The van der Waals surface area contributed by atoms with Crippen molar-refractivity contribution < 1.29 is 23.1 Å². The summed E-state index contributed by atoms with van der Waals surface area (Å²) in [6, 6.07) is 11.0. The van der Waals surface area contributed by atoms with Crippen LogP contribution in [-0.2, 0) is 6.18 Å². The number of nitrogens with one attached hydrogen (secondary N) is 1. The van der Waals surface area contributed by atoms with Gasteiger partial charge in [-0.3, -0.25) is 4.90 Å². The molecule has 0 unspecified atom stereocenters. The average molecular weight is 499 g/mol. The van der Waals surface area contributed by atoms with Gasteiger partial charge in [0.25, 0.3) is 0 Å². The van der Waals surface area contributed by atoms with Crippen molar-refractivity contribution in [3.8, 4) is 11.3 Å². The number of halogens is 4. The van der Waals surface area contributed by atoms with E-state index in [9.17, 15) is 18.0 Å². The van der Waals surface area contributed by atoms with Gasteiger partial charge in [0, 0.05) is 41.3 Å². The van der Waals surface area contributed by atoms with Gasteiger partial charge >= 0.3 is 12.2 Å². The van der Waals surface area contributed by atoms with Gasteiger partial charge in [-0.25, -0.2) is 9.78 Å². The van der Waals surface area contributed by atoms with Crippen molar-refractivity contribution >= 4 is 39.8 Å². The van der Waals surface area contributed by atoms with Gasteiger partial charge in [0.05, 0.1) is 17.9 Å². The first-order valence-electron chi connectivity index (χ1n) is 9.94. The zero-order valence-electron chi connectivity index (χ0n) is 17.6. The van der Waals surface area contributed by atoms with Gasteiger partial charge in [0.1, 0.15) is 0 Å². The standard InChI is InChI=1S/C22H22ClF3N4O2S/c1-29(10-11-31)8-9-30(20(32)27-18-7-3-5-16(13-18)22(24,25)26)21-28-19(14-33-21)15-4-2-6-17(23)12-15/h2-7,12-14,31H,8-11H2,1H3,(H,27,32). The predicted octanol–water partition coefficient (Wildman–Crippen LogP) is 5.44. The second-order valence-electron chi connectivity index (χ2n) is 7.21. The highest BCUT2D eigenvalue weighted by atomic mass is 35.5. The fourth-order valence-corrected chi connectivity index (χ4v) is 4.02. The Morgan fingerprint density at radius 2 is 1.91 bits per heavy atom. The number of carbonyl (C=O) groups is 1. The molecule has 1 aromatic heterocycles. The molecule has 0 aliphatic carbocycles. The number of hydrogen-bond acceptors (Lipinski definition) is 5. The number of rotatable bonds is 8. The molecule has 0 bridgehead atoms. The molecule has 33 heavy (non-hydrogen) atoms. The van der Waals surface area contributed by atoms with Gasteiger partial charge in [-0.2, -0.15) is 13.2 Å². The summed E-state index contributed by atoms with van der Waals surface area (Å²) in [6.45, 7) is 1.00. The second kappa shape index (κ2) is 11.0. The van der Waals surface area contributed by atoms with Crippen molar-refractivity contribution in [3.63, 3.8) is 0 Å². The molecule has 0 atom stereocenters. The van der Waals surface area contributed by atoms with Gasteiger partial charge in [-0.05, 0) is 37.4 Å². The average Bonchev–Trinajstić information content (AvgIpc) is 3.23. The number of benzene rings is 2. The molecule has 2 amide bonds. The van der Waals surface area contributed by atoms with Crippen LogP contribution in [0.15, 0.2) is 53.9 Å². The Balaban J connectivity index is 1.84. The van der Waals surface area contributed by atoms with Crippen LogP contribution >= 0.6 is 22.9 Å². The number of likely N-dealkylation sites (N-methyl/N-ethyl adjacent to an activating group) is 1. The molecule has 3 rings (SSSR count). The molecule has 176 valence electrons. The molecule has 0 fully saturated rings. The molecule has 0 spiro atoms. The van der Waals surface area contributed by atoms with E-state index in [0.717, 1.165) is 17.7 Å². The Bertz CT molecular complexity index is 1090. The van der Waals surface area contributed by atoms with E-state index in [4.69, 9.17) is 16.7 Å². The van der Waals surface area contributed by atoms with E-state index in [0.29, 0.717) is 28.9 Å². The SMILES string of the molecule is CN(CCO)CCN(C(=O)Nc1cccc(C(F)(F)F)c1)c1nc(-c2cccc(Cl)c2)cs1. The predicted molar refractivity (Wildman–Crippen MR) is 125 cm³/mol. The van der Waals surface area contributed by atoms with Crippen molar-refractivity contribution in [2.75, 3.05) is 43.5 Å². The van der Waals surface area contributed by atoms with Crippen LogP contribution in [-0.4, -0.2) is 54.3 Å². The van der Waals surface area contributed by atoms with Crippen LogP contribution in [0.2, 0.25) is 5.02 Å². The smallest absolute Gasteiger partial charge is 0.395 e. The van der Waals surface area contributed by atoms with Crippen LogP contribution < -0.4 is 10.2 Å². The molecule has 2 N–H and O–H groups in total. The Kier molecular flexibility index (Phi) is 8.30. The normalized spacial score (nSPS) is 11.6. The number of urea groups is 1. The second-order valence-corrected chi connectivity index (χ2v) is 8.49. The number of carbonyl (C=O) groups excluding carboxylic acids is 1. The van der Waals surface area contributed by atoms with Crippen LogP contribution in [0, 0.1) is 0 Å². The van der Waals surface area contributed by atoms with Gasteiger partial charge in [-0.1, -0.05) is 29.8 Å². The Morgan fingerprint density at radius 1 is 1.15 bits per heavy atom. The summed E-state index contributed by atoms with van der Waals surface area (Å²) in [4.78, 5) is 20.8. The van der Waals surface area contributed by atoms with Crippen LogP contribution in [0.3, 0.4) is 0 Å². The van der Waals surface area contributed by atoms with Crippen molar-refractivity contribution in [3.05, 3.63) is 64.5 Å². The Labute approximate surface area is 198 Å². The molecule has 11 heteroatoms. The van der Waals surface area contributed by atoms with E-state index < -0.39 is 17.8 Å². The van der Waals surface area contributed by atoms with Gasteiger partial charge in [-0.15, -0.1) is 11.3 Å². The number of amides is 2. The number of alkyl halides is 3. The first-order chi connectivity index (χ1) is 15.7. The maximum atomic E-state index is 13.1. The summed E-state index contributed by atoms with van der Waals surface area (Å²) in [7, 11) is 1.79. The van der Waals surface area contributed by atoms with E-state index in [1.54, 1.807) is 30.6 Å². The third kappa shape index (κ3) is 6.91. The first kappa shape index (κ1) is 25.0. The topological polar surface area (TPSA) is 68.7 Å². The number of anilines is 2. The third-order valence-corrected chi connectivity index (χ3v) is 5.82. The number of thiazole rings is 1. The summed E-state index contributed by atoms with van der Waals surface area (Å²) >= 11 is 7.29. The van der Waals surface area contributed by atoms with E-state index in [1.165, 1.54) is 28.4 Å². The molecule has 0 saturated heterocycles. The summed E-state index contributed by atoms with van der Waals surface area (Å²) in [5.41, 5.74) is 0.570. The number of aliphatic hydroxyl groups excluding tert-OH is 1. The highest BCUT2D eigenvalue weighted by Crippen LogP contribution is 2.32. The van der Waals surface area contributed by atoms with E-state index >= 15 is 0 Å². The van der Waals surface area contributed by atoms with Crippen molar-refractivity contribution in [1.29, 1.82) is 0 Å². The highest BCUT2D eigenvalue weighted by molar-refractivity contribution is 7.14. The molecule has 0 aliphatic heterocycles. The Morgan fingerprint density at radius 3 is 2.61 bits per heavy atom. The molecule has 0 aliphatic rings. The van der Waals surface area contributed by atoms with Crippen molar-refractivity contribution in [1.82, 2.24) is 9.88 Å². The van der Waals surface area contributed by atoms with Crippen LogP contribution in [0.4, 0.5) is 28.8 Å². The number of nitrogens with zero attached hydrogens (tertiary/aromatic N) is 3. The molecule has 0 radical (unpaired) electrons. The highest BCUT2D eigenvalue weighted by Gasteiger charge is 2.30. The third-order valence-electron chi connectivity index (χ3n) is 4.72. The van der Waals surface area contributed by atoms with Crippen LogP contribution in [0.25, 0.3) is 11.3 Å². The van der Waals surface area contributed by atoms with Crippen molar-refractivity contribution in [2.24, 2.45) is 0 Å². The maximum Gasteiger partial charge on any atom is 0.416 e. The minimum absolute atomic E-state index is 0.0233. The lowest BCUT2D eigenvalue weighted by Crippen LogP contribution is -2.40. The van der Waals surface area contributed by atoms with Gasteiger partial charge in [0.15, 0.2) is 5.13 Å². The lowest BCUT2D eigenvalue weighted by atomic mass is 10.2. The van der Waals surface area contributed by atoms with Crippen LogP contribution in [0.1, 0.15) is 5.56 Å². The fourth-order valence-electron chi connectivity index (χ4n) is 2.97.